The van der Waals surface area contributed by atoms with Gasteiger partial charge in [-0.2, -0.15) is 0 Å². The zero-order valence-electron chi connectivity index (χ0n) is 32.7. The molecule has 0 radical (unpaired) electrons. The largest absolute Gasteiger partial charge is 1.00 e. The Bertz CT molecular complexity index is 2420. The first-order valence-corrected chi connectivity index (χ1v) is 21.1. The Morgan fingerprint density at radius 1 is 0.500 bits per heavy atom. The van der Waals surface area contributed by atoms with Crippen molar-refractivity contribution in [3.05, 3.63) is 192 Å². The number of halogens is 2. The molecule has 54 heavy (non-hydrogen) atoms. The van der Waals surface area contributed by atoms with Crippen LogP contribution in [0.2, 0.25) is 0 Å². The molecule has 0 heterocycles. The molecule has 0 bridgehead atoms. The third kappa shape index (κ3) is 7.35. The van der Waals surface area contributed by atoms with Crippen molar-refractivity contribution in [1.82, 2.24) is 0 Å². The molecule has 0 N–H and O–H groups in total. The van der Waals surface area contributed by atoms with Gasteiger partial charge in [-0.3, -0.25) is 0 Å². The molecule has 270 valence electrons. The molecule has 2 aliphatic carbocycles. The Morgan fingerprint density at radius 3 is 1.50 bits per heavy atom. The minimum Gasteiger partial charge on any atom is -1.00 e. The maximum absolute atomic E-state index is 2.64. The summed E-state index contributed by atoms with van der Waals surface area (Å²) in [6.45, 7) is 18.0. The SMILES string of the molecule is Cc1ccc([C](c2ccc(C)cc2)=[Ti+2]([C]2=CC=CC2)[c]2cc(-c3c(C)cc(C)cc3C)cc3c2Cc2ccc(-c4c(C)cc(C)cc4C)cc2-3)cc1.[Cl-].[Cl-]. The van der Waals surface area contributed by atoms with Crippen LogP contribution in [0.25, 0.3) is 33.4 Å². The van der Waals surface area contributed by atoms with Crippen LogP contribution in [0, 0.1) is 55.4 Å². The summed E-state index contributed by atoms with van der Waals surface area (Å²) in [7, 11) is 0. The van der Waals surface area contributed by atoms with Crippen molar-refractivity contribution in [2.24, 2.45) is 0 Å². The van der Waals surface area contributed by atoms with Crippen LogP contribution in [0.5, 0.6) is 0 Å². The van der Waals surface area contributed by atoms with Crippen LogP contribution in [-0.4, -0.2) is 3.81 Å². The average Bonchev–Trinajstić information content (AvgIpc) is 3.76. The van der Waals surface area contributed by atoms with Crippen molar-refractivity contribution in [3.63, 3.8) is 0 Å². The molecule has 3 heteroatoms. The van der Waals surface area contributed by atoms with Crippen molar-refractivity contribution in [2.75, 3.05) is 0 Å². The van der Waals surface area contributed by atoms with E-state index in [1.165, 1.54) is 100 Å². The van der Waals surface area contributed by atoms with Gasteiger partial charge < -0.3 is 24.8 Å². The predicted octanol–water partition coefficient (Wildman–Crippen LogP) is 6.42. The van der Waals surface area contributed by atoms with Crippen LogP contribution in [0.1, 0.15) is 73.2 Å². The summed E-state index contributed by atoms with van der Waals surface area (Å²) in [6, 6.07) is 40.6. The van der Waals surface area contributed by atoms with Crippen molar-refractivity contribution >= 4 is 7.68 Å². The summed E-state index contributed by atoms with van der Waals surface area (Å²) in [5.41, 5.74) is 24.6. The van der Waals surface area contributed by atoms with Crippen molar-refractivity contribution in [1.29, 1.82) is 0 Å². The first-order chi connectivity index (χ1) is 25.0. The second-order valence-electron chi connectivity index (χ2n) is 15.5. The average molecular weight is 780 g/mol. The molecule has 0 amide bonds. The van der Waals surface area contributed by atoms with Crippen LogP contribution in [0.4, 0.5) is 0 Å². The molecule has 0 nitrogen and oxygen atoms in total. The molecule has 6 aromatic rings. The maximum Gasteiger partial charge on any atom is -1.00 e. The number of aryl methyl sites for hydroxylation is 8. The van der Waals surface area contributed by atoms with Gasteiger partial charge in [-0.1, -0.05) is 0 Å². The number of rotatable bonds is 6. The van der Waals surface area contributed by atoms with Gasteiger partial charge in [0.2, 0.25) is 0 Å². The Balaban J connectivity index is 0.00000249. The summed E-state index contributed by atoms with van der Waals surface area (Å²) >= 11 is -2.41. The first-order valence-electron chi connectivity index (χ1n) is 18.8. The Kier molecular flexibility index (Phi) is 11.7. The Labute approximate surface area is 341 Å². The smallest absolute Gasteiger partial charge is 1.00 e. The number of fused-ring (bicyclic) bond motifs is 3. The summed E-state index contributed by atoms with van der Waals surface area (Å²) < 4.78 is 4.77. The standard InChI is InChI=1S/C31H29.C15H14.C5H5.2ClH.Ti/c1-18-11-20(3)30(21(4)12-18)26-9-7-24-15-25-8-10-27(17-29(25)28(24)16-26)31-22(5)13-19(2)14-23(31)6;1-12-3-7-14(8-4-12)11-15-9-5-13(2)6-10-15;1-2-4-5-3-1;;;/h7,9-14,16-17H,15H2,1-6H3;3-10H,1-2H3;1-3H,4H2;2*1H;/q;;;;;+2/p-2. The van der Waals surface area contributed by atoms with Crippen molar-refractivity contribution < 1.29 is 42.2 Å². The summed E-state index contributed by atoms with van der Waals surface area (Å²) in [6.07, 6.45) is 9.14. The van der Waals surface area contributed by atoms with E-state index in [2.05, 4.69) is 177 Å². The van der Waals surface area contributed by atoms with Gasteiger partial charge in [0.25, 0.3) is 0 Å². The van der Waals surface area contributed by atoms with Gasteiger partial charge in [-0.15, -0.1) is 0 Å². The fraction of sp³-hybridized carbons (Fsp3) is 0.196. The van der Waals surface area contributed by atoms with Crippen molar-refractivity contribution in [2.45, 2.75) is 68.2 Å². The normalized spacial score (nSPS) is 12.2. The molecule has 8 rings (SSSR count). The van der Waals surface area contributed by atoms with Gasteiger partial charge in [-0.05, 0) is 0 Å². The van der Waals surface area contributed by atoms with Crippen molar-refractivity contribution in [3.8, 4) is 33.4 Å². The molecular formula is C51H48Cl2Ti. The molecule has 0 atom stereocenters. The molecule has 0 aromatic heterocycles. The van der Waals surface area contributed by atoms with Crippen LogP contribution in [0.3, 0.4) is 0 Å². The summed E-state index contributed by atoms with van der Waals surface area (Å²) in [5.74, 6) is 0. The first kappa shape index (κ1) is 39.7. The fourth-order valence-electron chi connectivity index (χ4n) is 9.06. The van der Waals surface area contributed by atoms with Crippen LogP contribution < -0.4 is 28.7 Å². The molecule has 0 saturated carbocycles. The van der Waals surface area contributed by atoms with E-state index in [4.69, 9.17) is 0 Å². The van der Waals surface area contributed by atoms with Gasteiger partial charge in [0, 0.05) is 0 Å². The minimum absolute atomic E-state index is 0. The molecule has 0 aliphatic heterocycles. The van der Waals surface area contributed by atoms with Gasteiger partial charge in [-0.25, -0.2) is 0 Å². The van der Waals surface area contributed by atoms with Gasteiger partial charge >= 0.3 is 319 Å². The predicted molar refractivity (Wildman–Crippen MR) is 221 cm³/mol. The zero-order chi connectivity index (χ0) is 36.3. The third-order valence-electron chi connectivity index (χ3n) is 11.2. The zero-order valence-corrected chi connectivity index (χ0v) is 35.8. The third-order valence-corrected chi connectivity index (χ3v) is 16.0. The monoisotopic (exact) mass is 778 g/mol. The van der Waals surface area contributed by atoms with Crippen LogP contribution in [-0.2, 0) is 23.8 Å². The second kappa shape index (κ2) is 16.0. The Hall–Kier alpha value is -4.04. The van der Waals surface area contributed by atoms with E-state index in [0.29, 0.717) is 0 Å². The van der Waals surface area contributed by atoms with E-state index < -0.39 is 17.4 Å². The van der Waals surface area contributed by atoms with E-state index in [-0.39, 0.29) is 24.8 Å². The van der Waals surface area contributed by atoms with E-state index in [9.17, 15) is 0 Å². The van der Waals surface area contributed by atoms with Crippen LogP contribution >= 0.6 is 0 Å². The topological polar surface area (TPSA) is 0 Å². The minimum atomic E-state index is -2.41. The molecule has 6 aromatic carbocycles. The molecular weight excluding hydrogens is 731 g/mol. The van der Waals surface area contributed by atoms with Gasteiger partial charge in [0.05, 0.1) is 0 Å². The van der Waals surface area contributed by atoms with Gasteiger partial charge in [0.15, 0.2) is 0 Å². The van der Waals surface area contributed by atoms with E-state index in [0.717, 1.165) is 12.8 Å². The molecule has 0 unspecified atom stereocenters. The maximum atomic E-state index is 2.64. The number of hydrogen-bond donors (Lipinski definition) is 0. The number of allylic oxidation sites excluding steroid dienone is 4. The van der Waals surface area contributed by atoms with Crippen LogP contribution in [0.15, 0.2) is 125 Å². The molecule has 2 aliphatic rings. The number of benzene rings is 6. The molecule has 0 spiro atoms. The number of hydrogen-bond acceptors (Lipinski definition) is 0. The molecule has 0 fully saturated rings. The van der Waals surface area contributed by atoms with E-state index >= 15 is 0 Å². The van der Waals surface area contributed by atoms with E-state index in [1.54, 1.807) is 11.6 Å². The van der Waals surface area contributed by atoms with E-state index in [1.807, 2.05) is 0 Å². The fourth-order valence-corrected chi connectivity index (χ4v) is 14.2. The summed E-state index contributed by atoms with van der Waals surface area (Å²) in [4.78, 5) is 0. The second-order valence-corrected chi connectivity index (χ2v) is 19.2. The molecule has 0 saturated heterocycles. The Morgan fingerprint density at radius 2 is 1.00 bits per heavy atom. The quantitative estimate of drug-likeness (QED) is 0.171. The van der Waals surface area contributed by atoms with Gasteiger partial charge in [0.1, 0.15) is 0 Å². The summed E-state index contributed by atoms with van der Waals surface area (Å²) in [5, 5.41) is 0.